The Hall–Kier alpha value is -2.64. The van der Waals surface area contributed by atoms with E-state index in [1.807, 2.05) is 20.8 Å². The first-order chi connectivity index (χ1) is 12.5. The van der Waals surface area contributed by atoms with Crippen LogP contribution in [0.25, 0.3) is 0 Å². The van der Waals surface area contributed by atoms with Crippen LogP contribution in [0.3, 0.4) is 0 Å². The molecule has 2 aliphatic rings. The van der Waals surface area contributed by atoms with Crippen molar-refractivity contribution in [3.63, 3.8) is 0 Å². The number of likely N-dealkylation sites (tertiary alicyclic amines) is 1. The number of nitro groups is 1. The molecule has 1 saturated heterocycles. The highest BCUT2D eigenvalue weighted by Gasteiger charge is 2.47. The Morgan fingerprint density at radius 3 is 2.48 bits per heavy atom. The van der Waals surface area contributed by atoms with Crippen LogP contribution in [0.4, 0.5) is 16.2 Å². The molecule has 2 heterocycles. The van der Waals surface area contributed by atoms with Gasteiger partial charge in [-0.15, -0.1) is 0 Å². The number of fused-ring (bicyclic) bond motifs is 2. The third-order valence-electron chi connectivity index (χ3n) is 5.25. The predicted octanol–water partition coefficient (Wildman–Crippen LogP) is 3.23. The van der Waals surface area contributed by atoms with E-state index in [1.54, 1.807) is 15.9 Å². The number of hydrogen-bond donors (Lipinski definition) is 0. The maximum absolute atomic E-state index is 12.5. The second-order valence-corrected chi connectivity index (χ2v) is 8.31. The summed E-state index contributed by atoms with van der Waals surface area (Å²) < 4.78 is 5.49. The summed E-state index contributed by atoms with van der Waals surface area (Å²) in [6, 6.07) is 4.68. The third kappa shape index (κ3) is 3.61. The van der Waals surface area contributed by atoms with E-state index in [0.29, 0.717) is 31.7 Å². The van der Waals surface area contributed by atoms with Crippen molar-refractivity contribution in [1.82, 2.24) is 4.90 Å². The first-order valence-corrected chi connectivity index (χ1v) is 9.07. The zero-order valence-corrected chi connectivity index (χ0v) is 16.2. The second-order valence-electron chi connectivity index (χ2n) is 8.31. The van der Waals surface area contributed by atoms with Crippen LogP contribution < -0.4 is 4.90 Å². The minimum absolute atomic E-state index is 0.0426. The number of carbonyl (C=O) groups excluding carboxylic acids is 2. The Morgan fingerprint density at radius 2 is 1.89 bits per heavy atom. The number of hydrogen-bond acceptors (Lipinski definition) is 5. The number of nitrogens with zero attached hydrogens (tertiary/aromatic N) is 3. The summed E-state index contributed by atoms with van der Waals surface area (Å²) in [5.74, 6) is -0.145. The smallest absolute Gasteiger partial charge is 0.410 e. The Kier molecular flexibility index (Phi) is 4.61. The van der Waals surface area contributed by atoms with Gasteiger partial charge in [-0.1, -0.05) is 0 Å². The molecule has 1 unspecified atom stereocenters. The van der Waals surface area contributed by atoms with E-state index in [4.69, 9.17) is 4.74 Å². The van der Waals surface area contributed by atoms with Crippen LogP contribution in [-0.2, 0) is 14.9 Å². The summed E-state index contributed by atoms with van der Waals surface area (Å²) in [5.41, 5.74) is 0.546. The summed E-state index contributed by atoms with van der Waals surface area (Å²) in [4.78, 5) is 38.5. The average molecular weight is 375 g/mol. The Labute approximate surface area is 158 Å². The molecule has 8 heteroatoms. The Morgan fingerprint density at radius 1 is 1.22 bits per heavy atom. The second kappa shape index (κ2) is 6.51. The van der Waals surface area contributed by atoms with Crippen molar-refractivity contribution < 1.29 is 19.2 Å². The van der Waals surface area contributed by atoms with Crippen LogP contribution in [0.2, 0.25) is 0 Å². The molecule has 0 aliphatic carbocycles. The first-order valence-electron chi connectivity index (χ1n) is 9.07. The minimum atomic E-state index is -0.566. The topological polar surface area (TPSA) is 93.0 Å². The molecule has 8 nitrogen and oxygen atoms in total. The van der Waals surface area contributed by atoms with Crippen molar-refractivity contribution in [3.05, 3.63) is 33.9 Å². The van der Waals surface area contributed by atoms with E-state index in [1.165, 1.54) is 19.1 Å². The number of ether oxygens (including phenoxy) is 1. The summed E-state index contributed by atoms with van der Waals surface area (Å²) in [7, 11) is 0. The lowest BCUT2D eigenvalue weighted by molar-refractivity contribution is -0.384. The van der Waals surface area contributed by atoms with E-state index >= 15 is 0 Å². The van der Waals surface area contributed by atoms with Crippen LogP contribution in [0, 0.1) is 10.1 Å². The van der Waals surface area contributed by atoms with E-state index in [0.717, 1.165) is 12.0 Å². The molecule has 146 valence electrons. The highest BCUT2D eigenvalue weighted by atomic mass is 16.6. The van der Waals surface area contributed by atoms with Gasteiger partial charge in [0.1, 0.15) is 5.60 Å². The van der Waals surface area contributed by atoms with E-state index in [2.05, 4.69) is 0 Å². The normalized spacial score (nSPS) is 21.9. The largest absolute Gasteiger partial charge is 0.444 e. The third-order valence-corrected chi connectivity index (χ3v) is 5.25. The molecule has 0 N–H and O–H groups in total. The van der Waals surface area contributed by atoms with E-state index in [9.17, 15) is 19.7 Å². The van der Waals surface area contributed by atoms with Crippen molar-refractivity contribution in [2.75, 3.05) is 24.5 Å². The van der Waals surface area contributed by atoms with Crippen molar-refractivity contribution in [1.29, 1.82) is 0 Å². The molecule has 1 atom stereocenters. The van der Waals surface area contributed by atoms with Gasteiger partial charge in [0.25, 0.3) is 5.69 Å². The Bertz CT molecular complexity index is 801. The fourth-order valence-electron chi connectivity index (χ4n) is 3.99. The van der Waals surface area contributed by atoms with Gasteiger partial charge in [0, 0.05) is 44.1 Å². The zero-order valence-electron chi connectivity index (χ0n) is 16.2. The fraction of sp³-hybridized carbons (Fsp3) is 0.579. The highest BCUT2D eigenvalue weighted by Crippen LogP contribution is 2.47. The van der Waals surface area contributed by atoms with Crippen LogP contribution in [0.5, 0.6) is 0 Å². The quantitative estimate of drug-likeness (QED) is 0.555. The molecule has 1 fully saturated rings. The van der Waals surface area contributed by atoms with Gasteiger partial charge in [-0.05, 0) is 45.2 Å². The van der Waals surface area contributed by atoms with Crippen LogP contribution in [0.1, 0.15) is 46.1 Å². The van der Waals surface area contributed by atoms with Crippen molar-refractivity contribution >= 4 is 23.4 Å². The van der Waals surface area contributed by atoms with Gasteiger partial charge >= 0.3 is 6.09 Å². The maximum Gasteiger partial charge on any atom is 0.410 e. The van der Waals surface area contributed by atoms with Gasteiger partial charge in [0.05, 0.1) is 10.6 Å². The standard InChI is InChI=1S/C19H25N3O5/c1-13(23)21-10-8-19(15-6-5-14(22(25)26)11-16(15)21)7-9-20(12-19)17(24)27-18(2,3)4/h5-6,11H,7-10,12H2,1-4H3. The van der Waals surface area contributed by atoms with Gasteiger partial charge in [-0.25, -0.2) is 4.79 Å². The first kappa shape index (κ1) is 19.1. The fourth-order valence-corrected chi connectivity index (χ4v) is 3.99. The number of carbonyl (C=O) groups is 2. The van der Waals surface area contributed by atoms with E-state index in [-0.39, 0.29) is 23.1 Å². The number of benzene rings is 1. The van der Waals surface area contributed by atoms with Crippen molar-refractivity contribution in [2.45, 2.75) is 51.6 Å². The molecule has 0 saturated carbocycles. The molecule has 2 aliphatic heterocycles. The molecule has 27 heavy (non-hydrogen) atoms. The molecule has 1 aromatic rings. The zero-order chi connectivity index (χ0) is 20.0. The van der Waals surface area contributed by atoms with Gasteiger partial charge in [-0.2, -0.15) is 0 Å². The molecule has 1 aromatic carbocycles. The minimum Gasteiger partial charge on any atom is -0.444 e. The average Bonchev–Trinajstić information content (AvgIpc) is 2.98. The van der Waals surface area contributed by atoms with Crippen LogP contribution in [0.15, 0.2) is 18.2 Å². The van der Waals surface area contributed by atoms with Crippen LogP contribution >= 0.6 is 0 Å². The van der Waals surface area contributed by atoms with Crippen LogP contribution in [-0.4, -0.2) is 47.1 Å². The number of nitro benzene ring substituents is 1. The number of non-ortho nitro benzene ring substituents is 1. The molecule has 0 bridgehead atoms. The number of amides is 2. The Balaban J connectivity index is 1.94. The molecular formula is C19H25N3O5. The lowest BCUT2D eigenvalue weighted by atomic mass is 9.73. The lowest BCUT2D eigenvalue weighted by Crippen LogP contribution is -2.45. The highest BCUT2D eigenvalue weighted by molar-refractivity contribution is 5.93. The summed E-state index contributed by atoms with van der Waals surface area (Å²) >= 11 is 0. The monoisotopic (exact) mass is 375 g/mol. The van der Waals surface area contributed by atoms with Gasteiger partial charge in [0.15, 0.2) is 0 Å². The SMILES string of the molecule is CC(=O)N1CCC2(CCN(C(=O)OC(C)(C)C)C2)c2ccc([N+](=O)[O-])cc21. The number of anilines is 1. The summed E-state index contributed by atoms with van der Waals surface area (Å²) in [6.07, 6.45) is 1.09. The molecular weight excluding hydrogens is 350 g/mol. The molecule has 0 radical (unpaired) electrons. The molecule has 2 amide bonds. The predicted molar refractivity (Wildman–Crippen MR) is 99.8 cm³/mol. The van der Waals surface area contributed by atoms with Gasteiger partial charge < -0.3 is 14.5 Å². The van der Waals surface area contributed by atoms with Crippen molar-refractivity contribution in [2.24, 2.45) is 0 Å². The molecule has 1 spiro atoms. The molecule has 0 aromatic heterocycles. The lowest BCUT2D eigenvalue weighted by Gasteiger charge is -2.40. The number of rotatable bonds is 1. The maximum atomic E-state index is 12.5. The van der Waals surface area contributed by atoms with E-state index < -0.39 is 10.5 Å². The van der Waals surface area contributed by atoms with Crippen molar-refractivity contribution in [3.8, 4) is 0 Å². The van der Waals surface area contributed by atoms with Gasteiger partial charge in [-0.3, -0.25) is 14.9 Å². The summed E-state index contributed by atoms with van der Waals surface area (Å²) in [6.45, 7) is 8.47. The van der Waals surface area contributed by atoms with Gasteiger partial charge in [0.2, 0.25) is 5.91 Å². The summed E-state index contributed by atoms with van der Waals surface area (Å²) in [5, 5.41) is 11.2. The molecule has 3 rings (SSSR count).